The van der Waals surface area contributed by atoms with Crippen molar-refractivity contribution in [1.29, 1.82) is 0 Å². The van der Waals surface area contributed by atoms with Gasteiger partial charge in [0.1, 0.15) is 11.6 Å². The summed E-state index contributed by atoms with van der Waals surface area (Å²) in [6.07, 6.45) is 2.14. The average molecular weight is 302 g/mol. The molecule has 0 bridgehead atoms. The molecular formula is C16H19FN4O. The first kappa shape index (κ1) is 15.9. The number of hydrogen-bond donors (Lipinski definition) is 2. The van der Waals surface area contributed by atoms with E-state index in [4.69, 9.17) is 0 Å². The first-order valence-corrected chi connectivity index (χ1v) is 7.30. The molecule has 2 rings (SSSR count). The number of amides is 1. The molecule has 1 aromatic carbocycles. The number of halogens is 1. The summed E-state index contributed by atoms with van der Waals surface area (Å²) < 4.78 is 13.5. The summed E-state index contributed by atoms with van der Waals surface area (Å²) >= 11 is 0. The van der Waals surface area contributed by atoms with Crippen molar-refractivity contribution in [2.45, 2.75) is 26.3 Å². The Morgan fingerprint density at radius 3 is 2.68 bits per heavy atom. The van der Waals surface area contributed by atoms with E-state index in [1.54, 1.807) is 30.3 Å². The van der Waals surface area contributed by atoms with Gasteiger partial charge in [-0.2, -0.15) is 0 Å². The third-order valence-electron chi connectivity index (χ3n) is 3.13. The molecular weight excluding hydrogens is 283 g/mol. The van der Waals surface area contributed by atoms with Crippen LogP contribution in [0.25, 0.3) is 0 Å². The van der Waals surface area contributed by atoms with E-state index >= 15 is 0 Å². The number of carbonyl (C=O) groups excluding carboxylic acids is 1. The Morgan fingerprint density at radius 1 is 1.18 bits per heavy atom. The number of rotatable bonds is 7. The third-order valence-corrected chi connectivity index (χ3v) is 3.13. The summed E-state index contributed by atoms with van der Waals surface area (Å²) in [5.41, 5.74) is 0.638. The highest BCUT2D eigenvalue weighted by Gasteiger charge is 2.09. The van der Waals surface area contributed by atoms with Crippen molar-refractivity contribution in [1.82, 2.24) is 15.5 Å². The topological polar surface area (TPSA) is 66.9 Å². The molecule has 1 amide bonds. The first-order chi connectivity index (χ1) is 10.7. The van der Waals surface area contributed by atoms with Crippen molar-refractivity contribution < 1.29 is 9.18 Å². The van der Waals surface area contributed by atoms with Crippen LogP contribution >= 0.6 is 0 Å². The number of carbonyl (C=O) groups is 1. The lowest BCUT2D eigenvalue weighted by Crippen LogP contribution is -2.24. The lowest BCUT2D eigenvalue weighted by Gasteiger charge is -2.07. The molecule has 0 aliphatic heterocycles. The van der Waals surface area contributed by atoms with Crippen molar-refractivity contribution in [2.75, 3.05) is 11.9 Å². The van der Waals surface area contributed by atoms with Crippen molar-refractivity contribution >= 4 is 11.7 Å². The van der Waals surface area contributed by atoms with Gasteiger partial charge in [0.15, 0.2) is 5.69 Å². The Hall–Kier alpha value is -2.50. The average Bonchev–Trinajstić information content (AvgIpc) is 2.55. The van der Waals surface area contributed by atoms with Gasteiger partial charge in [-0.15, -0.1) is 10.2 Å². The van der Waals surface area contributed by atoms with Crippen LogP contribution in [0.15, 0.2) is 36.4 Å². The van der Waals surface area contributed by atoms with E-state index in [1.165, 1.54) is 6.07 Å². The van der Waals surface area contributed by atoms with E-state index in [0.717, 1.165) is 19.4 Å². The van der Waals surface area contributed by atoms with Crippen LogP contribution < -0.4 is 10.6 Å². The Kier molecular flexibility index (Phi) is 5.82. The fourth-order valence-electron chi connectivity index (χ4n) is 1.85. The number of nitrogens with zero attached hydrogens (tertiary/aromatic N) is 2. The molecule has 2 N–H and O–H groups in total. The minimum atomic E-state index is -0.379. The number of unbranched alkanes of at least 4 members (excludes halogenated alkanes) is 1. The van der Waals surface area contributed by atoms with Gasteiger partial charge in [-0.1, -0.05) is 31.5 Å². The molecule has 0 aliphatic rings. The third kappa shape index (κ3) is 4.51. The van der Waals surface area contributed by atoms with E-state index in [0.29, 0.717) is 11.4 Å². The maximum atomic E-state index is 13.5. The molecule has 22 heavy (non-hydrogen) atoms. The monoisotopic (exact) mass is 302 g/mol. The van der Waals surface area contributed by atoms with E-state index in [9.17, 15) is 9.18 Å². The van der Waals surface area contributed by atoms with E-state index in [-0.39, 0.29) is 24.0 Å². The normalized spacial score (nSPS) is 10.3. The quantitative estimate of drug-likeness (QED) is 0.772. The van der Waals surface area contributed by atoms with Crippen LogP contribution in [0.3, 0.4) is 0 Å². The van der Waals surface area contributed by atoms with Crippen LogP contribution in [0.5, 0.6) is 0 Å². The number of hydrogen-bond acceptors (Lipinski definition) is 4. The lowest BCUT2D eigenvalue weighted by atomic mass is 10.2. The Bertz CT molecular complexity index is 616. The van der Waals surface area contributed by atoms with Gasteiger partial charge in [-0.05, 0) is 24.6 Å². The second-order valence-corrected chi connectivity index (χ2v) is 4.86. The SMILES string of the molecule is CCCCNc1ccc(C(=O)NCc2ccccc2F)nn1. The summed E-state index contributed by atoms with van der Waals surface area (Å²) in [5, 5.41) is 13.6. The zero-order valence-electron chi connectivity index (χ0n) is 12.5. The van der Waals surface area contributed by atoms with Gasteiger partial charge in [-0.25, -0.2) is 4.39 Å². The van der Waals surface area contributed by atoms with Crippen molar-refractivity contribution in [2.24, 2.45) is 0 Å². The molecule has 0 unspecified atom stereocenters. The van der Waals surface area contributed by atoms with Crippen molar-refractivity contribution in [3.63, 3.8) is 0 Å². The molecule has 116 valence electrons. The Labute approximate surface area is 129 Å². The van der Waals surface area contributed by atoms with Crippen molar-refractivity contribution in [3.8, 4) is 0 Å². The fraction of sp³-hybridized carbons (Fsp3) is 0.312. The summed E-state index contributed by atoms with van der Waals surface area (Å²) in [6, 6.07) is 9.62. The largest absolute Gasteiger partial charge is 0.369 e. The summed E-state index contributed by atoms with van der Waals surface area (Å²) in [6.45, 7) is 3.05. The highest BCUT2D eigenvalue weighted by molar-refractivity contribution is 5.92. The van der Waals surface area contributed by atoms with Gasteiger partial charge in [0.05, 0.1) is 0 Å². The predicted octanol–water partition coefficient (Wildman–Crippen LogP) is 2.76. The lowest BCUT2D eigenvalue weighted by molar-refractivity contribution is 0.0944. The maximum absolute atomic E-state index is 13.5. The molecule has 1 aromatic heterocycles. The van der Waals surface area contributed by atoms with Gasteiger partial charge >= 0.3 is 0 Å². The highest BCUT2D eigenvalue weighted by Crippen LogP contribution is 2.07. The highest BCUT2D eigenvalue weighted by atomic mass is 19.1. The Morgan fingerprint density at radius 2 is 2.00 bits per heavy atom. The van der Waals surface area contributed by atoms with Crippen LogP contribution in [-0.4, -0.2) is 22.6 Å². The Balaban J connectivity index is 1.88. The van der Waals surface area contributed by atoms with E-state index in [2.05, 4.69) is 27.8 Å². The number of anilines is 1. The zero-order valence-corrected chi connectivity index (χ0v) is 12.5. The number of aromatic nitrogens is 2. The second kappa shape index (κ2) is 8.07. The first-order valence-electron chi connectivity index (χ1n) is 7.30. The summed E-state index contributed by atoms with van der Waals surface area (Å²) in [5.74, 6) is -0.0840. The minimum Gasteiger partial charge on any atom is -0.369 e. The molecule has 0 aliphatic carbocycles. The molecule has 6 heteroatoms. The van der Waals surface area contributed by atoms with Crippen LogP contribution in [-0.2, 0) is 6.54 Å². The van der Waals surface area contributed by atoms with Crippen LogP contribution in [0.1, 0.15) is 35.8 Å². The van der Waals surface area contributed by atoms with Gasteiger partial charge < -0.3 is 10.6 Å². The van der Waals surface area contributed by atoms with Crippen LogP contribution in [0.4, 0.5) is 10.2 Å². The second-order valence-electron chi connectivity index (χ2n) is 4.86. The van der Waals surface area contributed by atoms with Crippen molar-refractivity contribution in [3.05, 3.63) is 53.5 Å². The molecule has 5 nitrogen and oxygen atoms in total. The van der Waals surface area contributed by atoms with Gasteiger partial charge in [0.2, 0.25) is 0 Å². The molecule has 0 radical (unpaired) electrons. The van der Waals surface area contributed by atoms with Crippen LogP contribution in [0, 0.1) is 5.82 Å². The number of benzene rings is 1. The zero-order chi connectivity index (χ0) is 15.8. The minimum absolute atomic E-state index is 0.115. The molecule has 0 saturated carbocycles. The van der Waals surface area contributed by atoms with Crippen LogP contribution in [0.2, 0.25) is 0 Å². The molecule has 0 saturated heterocycles. The fourth-order valence-corrected chi connectivity index (χ4v) is 1.85. The smallest absolute Gasteiger partial charge is 0.272 e. The van der Waals surface area contributed by atoms with E-state index in [1.807, 2.05) is 0 Å². The predicted molar refractivity (Wildman–Crippen MR) is 83.0 cm³/mol. The van der Waals surface area contributed by atoms with Gasteiger partial charge in [0.25, 0.3) is 5.91 Å². The van der Waals surface area contributed by atoms with Gasteiger partial charge in [0, 0.05) is 18.7 Å². The number of nitrogens with one attached hydrogen (secondary N) is 2. The summed E-state index contributed by atoms with van der Waals surface area (Å²) in [4.78, 5) is 11.9. The maximum Gasteiger partial charge on any atom is 0.272 e. The molecule has 0 spiro atoms. The summed E-state index contributed by atoms with van der Waals surface area (Å²) in [7, 11) is 0. The molecule has 0 atom stereocenters. The standard InChI is InChI=1S/C16H19FN4O/c1-2-3-10-18-15-9-8-14(20-21-15)16(22)19-11-12-6-4-5-7-13(12)17/h4-9H,2-3,10-11H2,1H3,(H,18,21)(H,19,22). The molecule has 0 fully saturated rings. The molecule has 1 heterocycles. The molecule has 2 aromatic rings. The van der Waals surface area contributed by atoms with Gasteiger partial charge in [-0.3, -0.25) is 4.79 Å². The van der Waals surface area contributed by atoms with E-state index < -0.39 is 0 Å².